The summed E-state index contributed by atoms with van der Waals surface area (Å²) < 4.78 is 0. The van der Waals surface area contributed by atoms with Crippen LogP contribution in [0.1, 0.15) is 118 Å². The van der Waals surface area contributed by atoms with Gasteiger partial charge in [0.1, 0.15) is 23.0 Å². The van der Waals surface area contributed by atoms with E-state index < -0.39 is 16.3 Å². The Morgan fingerprint density at radius 3 is 0.758 bits per heavy atom. The number of rotatable bonds is 8. The standard InChI is InChI=1S/2C24H30N2O2.Al.BCl3.3ClH.2Co/c2*1-15-9-17(3)23(27)19(11-15)13-25-21-7-5-6-8-22(21)26-14-20-12-16(2)10-18(4)24(20)28;;2-1(3)4;;;;;/h2*9-14,21-22,27-28H,5-8H2,1-4H3;;;3*1H;;/q;;+3;;;;;;/p-3/t2*21-,22-;;;;;;;/m11......./s1. The van der Waals surface area contributed by atoms with Gasteiger partial charge >= 0.3 is 16.3 Å². The second kappa shape index (κ2) is 31.4. The van der Waals surface area contributed by atoms with Crippen LogP contribution < -0.4 is 0 Å². The summed E-state index contributed by atoms with van der Waals surface area (Å²) in [6, 6.07) is 16.1. The molecular formula is C48H60AlBCl6Co2N4O4. The van der Waals surface area contributed by atoms with Crippen molar-refractivity contribution in [2.75, 3.05) is 0 Å². The molecule has 0 unspecified atom stereocenters. The number of phenolic OH excluding ortho intramolecular Hbond substituents is 4. The Hall–Kier alpha value is -1.89. The quantitative estimate of drug-likeness (QED) is 0.103. The maximum atomic E-state index is 10.3. The van der Waals surface area contributed by atoms with E-state index in [2.05, 4.69) is 0 Å². The molecule has 2 saturated carbocycles. The van der Waals surface area contributed by atoms with Gasteiger partial charge in [0.2, 0.25) is 0 Å². The van der Waals surface area contributed by atoms with Gasteiger partial charge < -0.3 is 20.4 Å². The summed E-state index contributed by atoms with van der Waals surface area (Å²) >= 11 is 12.7. The molecule has 0 amide bonds. The maximum Gasteiger partial charge on any atom is 0.643 e. The maximum absolute atomic E-state index is 10.3. The Morgan fingerprint density at radius 2 is 0.591 bits per heavy atom. The van der Waals surface area contributed by atoms with E-state index in [1.165, 1.54) is 0 Å². The average molecular weight is 1130 g/mol. The molecule has 4 N–H and O–H groups in total. The Labute approximate surface area is 445 Å². The second-order valence-corrected chi connectivity index (χ2v) is 24.9. The summed E-state index contributed by atoms with van der Waals surface area (Å²) in [5.41, 5.74) is 11.0. The number of aryl methyl sites for hydroxylation is 8. The molecule has 6 rings (SSSR count). The van der Waals surface area contributed by atoms with Gasteiger partial charge in [-0.15, -0.1) is 0 Å². The normalized spacial score (nSPS) is 18.0. The third kappa shape index (κ3) is 21.4. The van der Waals surface area contributed by atoms with Gasteiger partial charge in [-0.05, 0) is 150 Å². The molecule has 0 aromatic heterocycles. The zero-order chi connectivity index (χ0) is 47.7. The Bertz CT molecular complexity index is 1980. The third-order valence-corrected chi connectivity index (χ3v) is 10.9. The third-order valence-electron chi connectivity index (χ3n) is 10.9. The van der Waals surface area contributed by atoms with Crippen molar-refractivity contribution in [1.29, 1.82) is 0 Å². The number of nitrogens with zero attached hydrogens (tertiary/aromatic N) is 4. The second-order valence-electron chi connectivity index (χ2n) is 16.5. The van der Waals surface area contributed by atoms with Crippen molar-refractivity contribution in [3.05, 3.63) is 115 Å². The molecule has 0 aliphatic heterocycles. The van der Waals surface area contributed by atoms with E-state index in [-0.39, 0.29) is 57.7 Å². The van der Waals surface area contributed by atoms with E-state index in [1.807, 2.05) is 104 Å². The predicted octanol–water partition coefficient (Wildman–Crippen LogP) is 13.7. The van der Waals surface area contributed by atoms with E-state index in [4.69, 9.17) is 84.5 Å². The fourth-order valence-electron chi connectivity index (χ4n) is 7.95. The molecule has 4 atom stereocenters. The summed E-state index contributed by atoms with van der Waals surface area (Å²) in [5, 5.41) is 41.2. The zero-order valence-electron chi connectivity index (χ0n) is 38.6. The van der Waals surface area contributed by atoms with Gasteiger partial charge in [-0.25, -0.2) is 30.1 Å². The molecule has 66 heavy (non-hydrogen) atoms. The summed E-state index contributed by atoms with van der Waals surface area (Å²) in [6.45, 7) is 15.7. The fourth-order valence-corrected chi connectivity index (χ4v) is 7.95. The summed E-state index contributed by atoms with van der Waals surface area (Å²) in [5.74, 6) is 1.19. The monoisotopic (exact) mass is 1120 g/mol. The molecule has 362 valence electrons. The van der Waals surface area contributed by atoms with Crippen LogP contribution in [0.2, 0.25) is 0 Å². The van der Waals surface area contributed by atoms with Crippen LogP contribution in [0.5, 0.6) is 23.0 Å². The van der Waals surface area contributed by atoms with Crippen molar-refractivity contribution in [1.82, 2.24) is 0 Å². The summed E-state index contributed by atoms with van der Waals surface area (Å²) in [7, 11) is 14.8. The van der Waals surface area contributed by atoms with Gasteiger partial charge in [0, 0.05) is 80.7 Å². The van der Waals surface area contributed by atoms with Gasteiger partial charge in [0.25, 0.3) is 0 Å². The Morgan fingerprint density at radius 1 is 0.424 bits per heavy atom. The first kappa shape index (κ1) is 62.1. The largest absolute Gasteiger partial charge is 0.643 e. The first-order valence-corrected chi connectivity index (χ1v) is 27.9. The molecule has 2 fully saturated rings. The number of halogens is 6. The number of aromatic hydroxyl groups is 4. The molecule has 2 radical (unpaired) electrons. The van der Waals surface area contributed by atoms with Gasteiger partial charge in [0.05, 0.1) is 24.2 Å². The van der Waals surface area contributed by atoms with Gasteiger partial charge in [0.15, 0.2) is 0 Å². The number of phenols is 4. The smallest absolute Gasteiger partial charge is 0.507 e. The fraction of sp³-hybridized carbons (Fsp3) is 0.417. The molecule has 8 nitrogen and oxygen atoms in total. The first-order chi connectivity index (χ1) is 30.2. The van der Waals surface area contributed by atoms with Crippen molar-refractivity contribution in [2.45, 2.75) is 131 Å². The minimum Gasteiger partial charge on any atom is -0.507 e. The Kier molecular flexibility index (Phi) is 29.5. The SMILES string of the molecule is Cc1cc(C)c(O)c(C=N[C@@H]2CCCC[C@H]2N=Cc2cc(C)cc(C)c2O)c1.Cc1cc(C)c(O)c(C=N[C@@H]2CCCC[C@H]2N=Cc2cc(C)cc(C)c2O)c1.ClB(Cl)Cl.[Cl][Al]([Cl])[Cl].[Co].[Co]. The molecule has 4 aromatic rings. The van der Waals surface area contributed by atoms with Crippen LogP contribution in [-0.2, 0) is 33.6 Å². The number of hydrogen-bond acceptors (Lipinski definition) is 8. The molecule has 0 saturated heterocycles. The van der Waals surface area contributed by atoms with Crippen LogP contribution in [0.25, 0.3) is 0 Å². The summed E-state index contributed by atoms with van der Waals surface area (Å²) in [4.78, 5) is 18.4. The predicted molar refractivity (Wildman–Crippen MR) is 279 cm³/mol. The molecule has 0 spiro atoms. The molecule has 4 aromatic carbocycles. The number of benzene rings is 4. The van der Waals surface area contributed by atoms with Crippen molar-refractivity contribution in [3.63, 3.8) is 0 Å². The van der Waals surface area contributed by atoms with E-state index in [0.29, 0.717) is 23.0 Å². The van der Waals surface area contributed by atoms with Crippen molar-refractivity contribution < 1.29 is 54.0 Å². The van der Waals surface area contributed by atoms with Crippen LogP contribution in [0.4, 0.5) is 0 Å². The Balaban J connectivity index is 0.000000553. The molecular weight excluding hydrogens is 1060 g/mol. The van der Waals surface area contributed by atoms with Gasteiger partial charge in [-0.3, -0.25) is 20.0 Å². The molecule has 2 aliphatic carbocycles. The molecule has 0 heterocycles. The van der Waals surface area contributed by atoms with Crippen LogP contribution in [0.15, 0.2) is 68.5 Å². The van der Waals surface area contributed by atoms with Crippen molar-refractivity contribution in [2.24, 2.45) is 20.0 Å². The van der Waals surface area contributed by atoms with Crippen LogP contribution >= 0.6 is 64.5 Å². The molecule has 0 bridgehead atoms. The number of hydrogen-bond donors (Lipinski definition) is 4. The van der Waals surface area contributed by atoms with Crippen LogP contribution in [0, 0.1) is 55.4 Å². The van der Waals surface area contributed by atoms with Gasteiger partial charge in [-0.2, -0.15) is 34.4 Å². The molecule has 18 heteroatoms. The van der Waals surface area contributed by atoms with E-state index >= 15 is 0 Å². The van der Waals surface area contributed by atoms with E-state index in [0.717, 1.165) is 118 Å². The van der Waals surface area contributed by atoms with Crippen molar-refractivity contribution >= 4 is 106 Å². The minimum absolute atomic E-state index is 0. The molecule has 2 aliphatic rings. The van der Waals surface area contributed by atoms with E-state index in [9.17, 15) is 20.4 Å². The topological polar surface area (TPSA) is 130 Å². The number of aliphatic imine (C=N–C) groups is 4. The van der Waals surface area contributed by atoms with E-state index in [1.54, 1.807) is 24.9 Å². The van der Waals surface area contributed by atoms with Gasteiger partial charge in [-0.1, -0.05) is 49.9 Å². The van der Waals surface area contributed by atoms with Crippen molar-refractivity contribution in [3.8, 4) is 23.0 Å². The van der Waals surface area contributed by atoms with Crippen LogP contribution in [-0.4, -0.2) is 85.8 Å². The summed E-state index contributed by atoms with van der Waals surface area (Å²) in [6.07, 6.45) is 15.7. The average Bonchev–Trinajstić information content (AvgIpc) is 3.21. The zero-order valence-corrected chi connectivity index (χ0v) is 46.3. The van der Waals surface area contributed by atoms with Crippen LogP contribution in [0.3, 0.4) is 0 Å². The minimum atomic E-state index is -1.72. The first-order valence-electron chi connectivity index (χ1n) is 21.3.